The molecule has 5 nitrogen and oxygen atoms in total. The van der Waals surface area contributed by atoms with Gasteiger partial charge in [-0.25, -0.2) is 0 Å². The van der Waals surface area contributed by atoms with Crippen molar-refractivity contribution in [3.63, 3.8) is 0 Å². The summed E-state index contributed by atoms with van der Waals surface area (Å²) in [6, 6.07) is 15.5. The summed E-state index contributed by atoms with van der Waals surface area (Å²) >= 11 is 0. The first-order chi connectivity index (χ1) is 15.5. The van der Waals surface area contributed by atoms with Gasteiger partial charge in [0.2, 0.25) is 11.8 Å². The minimum Gasteiger partial charge on any atom is -0.497 e. The number of aryl methyl sites for hydroxylation is 1. The molecule has 0 fully saturated rings. The van der Waals surface area contributed by atoms with Gasteiger partial charge in [0.1, 0.15) is 11.8 Å². The number of carbonyl (C=O) groups excluding carboxylic acids is 2. The van der Waals surface area contributed by atoms with E-state index < -0.39 is 6.04 Å². The van der Waals surface area contributed by atoms with Crippen LogP contribution in [0.4, 0.5) is 0 Å². The number of nitrogens with zero attached hydrogens (tertiary/aromatic N) is 1. The molecule has 2 rings (SSSR count). The number of hydrogen-bond donors (Lipinski definition) is 1. The Hall–Kier alpha value is -2.82. The molecular weight excluding hydrogens is 412 g/mol. The second kappa shape index (κ2) is 11.9. The van der Waals surface area contributed by atoms with Crippen molar-refractivity contribution < 1.29 is 14.3 Å². The van der Waals surface area contributed by atoms with E-state index >= 15 is 0 Å². The van der Waals surface area contributed by atoms with Crippen LogP contribution in [0.3, 0.4) is 0 Å². The van der Waals surface area contributed by atoms with Gasteiger partial charge >= 0.3 is 0 Å². The van der Waals surface area contributed by atoms with Crippen molar-refractivity contribution in [2.24, 2.45) is 5.92 Å². The van der Waals surface area contributed by atoms with Crippen molar-refractivity contribution in [2.45, 2.75) is 72.4 Å². The van der Waals surface area contributed by atoms with Crippen LogP contribution in [0.1, 0.15) is 64.7 Å². The molecule has 0 spiro atoms. The molecule has 2 amide bonds. The van der Waals surface area contributed by atoms with Gasteiger partial charge in [-0.05, 0) is 53.5 Å². The standard InChI is InChI=1S/C28H40N2O3/c1-20(2)18-29-27(32)21(3)30(19-23-9-8-10-25(17-23)33-7)26(31)16-13-22-11-14-24(15-12-22)28(4,5)6/h8-12,14-15,17,20-21H,13,16,18-19H2,1-7H3,(H,29,32)/t21-/m1/s1. The molecule has 180 valence electrons. The van der Waals surface area contributed by atoms with Crippen LogP contribution >= 0.6 is 0 Å². The molecule has 5 heteroatoms. The zero-order valence-corrected chi connectivity index (χ0v) is 21.3. The maximum absolute atomic E-state index is 13.3. The predicted molar refractivity (Wildman–Crippen MR) is 134 cm³/mol. The Morgan fingerprint density at radius 2 is 1.67 bits per heavy atom. The van der Waals surface area contributed by atoms with Gasteiger partial charge in [0.15, 0.2) is 0 Å². The summed E-state index contributed by atoms with van der Waals surface area (Å²) in [4.78, 5) is 27.8. The topological polar surface area (TPSA) is 58.6 Å². The van der Waals surface area contributed by atoms with Crippen molar-refractivity contribution >= 4 is 11.8 Å². The molecule has 0 aliphatic rings. The lowest BCUT2D eigenvalue weighted by Gasteiger charge is -2.29. The molecule has 33 heavy (non-hydrogen) atoms. The summed E-state index contributed by atoms with van der Waals surface area (Å²) in [6.07, 6.45) is 0.985. The molecule has 0 saturated heterocycles. The first kappa shape index (κ1) is 26.4. The molecule has 0 aromatic heterocycles. The third-order valence-corrected chi connectivity index (χ3v) is 5.79. The monoisotopic (exact) mass is 452 g/mol. The molecule has 0 saturated carbocycles. The van der Waals surface area contributed by atoms with Gasteiger partial charge in [-0.1, -0.05) is 71.0 Å². The smallest absolute Gasteiger partial charge is 0.242 e. The summed E-state index contributed by atoms with van der Waals surface area (Å²) in [5.74, 6) is 0.912. The van der Waals surface area contributed by atoms with Crippen LogP contribution in [0.5, 0.6) is 5.75 Å². The number of nitrogens with one attached hydrogen (secondary N) is 1. The van der Waals surface area contributed by atoms with Crippen molar-refractivity contribution in [3.05, 3.63) is 65.2 Å². The van der Waals surface area contributed by atoms with Gasteiger partial charge in [-0.15, -0.1) is 0 Å². The van der Waals surface area contributed by atoms with E-state index in [-0.39, 0.29) is 17.2 Å². The Morgan fingerprint density at radius 1 is 1.00 bits per heavy atom. The lowest BCUT2D eigenvalue weighted by Crippen LogP contribution is -2.48. The van der Waals surface area contributed by atoms with Gasteiger partial charge in [0.05, 0.1) is 7.11 Å². The number of benzene rings is 2. The molecule has 2 aromatic carbocycles. The molecule has 1 atom stereocenters. The molecule has 0 radical (unpaired) electrons. The first-order valence-corrected chi connectivity index (χ1v) is 11.8. The van der Waals surface area contributed by atoms with Crippen LogP contribution in [-0.2, 0) is 28.0 Å². The van der Waals surface area contributed by atoms with Gasteiger partial charge in [-0.2, -0.15) is 0 Å². The average Bonchev–Trinajstić information content (AvgIpc) is 2.78. The van der Waals surface area contributed by atoms with Crippen molar-refractivity contribution in [1.82, 2.24) is 10.2 Å². The third kappa shape index (κ3) is 8.23. The summed E-state index contributed by atoms with van der Waals surface area (Å²) in [5, 5.41) is 2.96. The number of carbonyl (C=O) groups is 2. The Kier molecular flexibility index (Phi) is 9.51. The predicted octanol–water partition coefficient (Wildman–Crippen LogP) is 5.11. The van der Waals surface area contributed by atoms with Gasteiger partial charge in [-0.3, -0.25) is 9.59 Å². The average molecular weight is 453 g/mol. The summed E-state index contributed by atoms with van der Waals surface area (Å²) < 4.78 is 5.33. The lowest BCUT2D eigenvalue weighted by atomic mass is 9.86. The van der Waals surface area contributed by atoms with Gasteiger partial charge in [0.25, 0.3) is 0 Å². The minimum atomic E-state index is -0.564. The van der Waals surface area contributed by atoms with Crippen LogP contribution in [0.15, 0.2) is 48.5 Å². The van der Waals surface area contributed by atoms with E-state index in [4.69, 9.17) is 4.74 Å². The highest BCUT2D eigenvalue weighted by Crippen LogP contribution is 2.23. The fraction of sp³-hybridized carbons (Fsp3) is 0.500. The fourth-order valence-electron chi connectivity index (χ4n) is 3.57. The van der Waals surface area contributed by atoms with E-state index in [0.717, 1.165) is 16.9 Å². The maximum Gasteiger partial charge on any atom is 0.242 e. The molecular formula is C28H40N2O3. The molecule has 0 heterocycles. The molecule has 0 unspecified atom stereocenters. The Balaban J connectivity index is 2.14. The first-order valence-electron chi connectivity index (χ1n) is 11.8. The van der Waals surface area contributed by atoms with E-state index in [1.807, 2.05) is 24.3 Å². The van der Waals surface area contributed by atoms with Gasteiger partial charge < -0.3 is 15.0 Å². The number of methoxy groups -OCH3 is 1. The Morgan fingerprint density at radius 3 is 2.24 bits per heavy atom. The van der Waals surface area contributed by atoms with Crippen molar-refractivity contribution in [1.29, 1.82) is 0 Å². The quantitative estimate of drug-likeness (QED) is 0.545. The lowest BCUT2D eigenvalue weighted by molar-refractivity contribution is -0.140. The summed E-state index contributed by atoms with van der Waals surface area (Å²) in [6.45, 7) is 13.4. The molecule has 2 aromatic rings. The van der Waals surface area contributed by atoms with Crippen LogP contribution in [0.25, 0.3) is 0 Å². The highest BCUT2D eigenvalue weighted by Gasteiger charge is 2.26. The summed E-state index contributed by atoms with van der Waals surface area (Å²) in [5.41, 5.74) is 3.42. The minimum absolute atomic E-state index is 0.0371. The normalized spacial score (nSPS) is 12.4. The third-order valence-electron chi connectivity index (χ3n) is 5.79. The van der Waals surface area contributed by atoms with Crippen LogP contribution in [0, 0.1) is 5.92 Å². The van der Waals surface area contributed by atoms with Gasteiger partial charge in [0, 0.05) is 19.5 Å². The maximum atomic E-state index is 13.3. The largest absolute Gasteiger partial charge is 0.497 e. The van der Waals surface area contributed by atoms with E-state index in [9.17, 15) is 9.59 Å². The molecule has 0 bridgehead atoms. The molecule has 1 N–H and O–H groups in total. The van der Waals surface area contributed by atoms with Crippen molar-refractivity contribution in [2.75, 3.05) is 13.7 Å². The molecule has 0 aliphatic heterocycles. The van der Waals surface area contributed by atoms with E-state index in [1.165, 1.54) is 5.56 Å². The van der Waals surface area contributed by atoms with E-state index in [0.29, 0.717) is 31.8 Å². The zero-order valence-electron chi connectivity index (χ0n) is 21.3. The fourth-order valence-corrected chi connectivity index (χ4v) is 3.57. The van der Waals surface area contributed by atoms with Crippen LogP contribution in [-0.4, -0.2) is 36.4 Å². The number of hydrogen-bond acceptors (Lipinski definition) is 3. The second-order valence-electron chi connectivity index (χ2n) is 10.1. The second-order valence-corrected chi connectivity index (χ2v) is 10.1. The Labute approximate surface area is 199 Å². The number of ether oxygens (including phenoxy) is 1. The van der Waals surface area contributed by atoms with Crippen LogP contribution < -0.4 is 10.1 Å². The Bertz CT molecular complexity index is 913. The summed E-state index contributed by atoms with van der Waals surface area (Å²) in [7, 11) is 1.62. The zero-order chi connectivity index (χ0) is 24.6. The number of amides is 2. The molecule has 0 aliphatic carbocycles. The SMILES string of the molecule is COc1cccc(CN(C(=O)CCc2ccc(C(C)(C)C)cc2)[C@H](C)C(=O)NCC(C)C)c1. The van der Waals surface area contributed by atoms with Crippen molar-refractivity contribution in [3.8, 4) is 5.75 Å². The van der Waals surface area contributed by atoms with Crippen LogP contribution in [0.2, 0.25) is 0 Å². The highest BCUT2D eigenvalue weighted by atomic mass is 16.5. The highest BCUT2D eigenvalue weighted by molar-refractivity contribution is 5.87. The van der Waals surface area contributed by atoms with E-state index in [1.54, 1.807) is 18.9 Å². The number of rotatable bonds is 10. The van der Waals surface area contributed by atoms with E-state index in [2.05, 4.69) is 64.2 Å².